The van der Waals surface area contributed by atoms with Gasteiger partial charge in [0.2, 0.25) is 5.91 Å². The van der Waals surface area contributed by atoms with Gasteiger partial charge >= 0.3 is 0 Å². The first-order valence-corrected chi connectivity index (χ1v) is 9.43. The summed E-state index contributed by atoms with van der Waals surface area (Å²) in [5, 5.41) is 9.87. The maximum atomic E-state index is 13.3. The fourth-order valence-corrected chi connectivity index (χ4v) is 3.04. The maximum Gasteiger partial charge on any atom is 0.259 e. The van der Waals surface area contributed by atoms with E-state index >= 15 is 0 Å². The third-order valence-corrected chi connectivity index (χ3v) is 4.37. The first-order chi connectivity index (χ1) is 14.4. The molecular formula is C22H23FN4O3. The predicted octanol–water partition coefficient (Wildman–Crippen LogP) is 3.97. The van der Waals surface area contributed by atoms with Crippen LogP contribution in [0, 0.1) is 5.82 Å². The van der Waals surface area contributed by atoms with Gasteiger partial charge in [0.25, 0.3) is 5.91 Å². The second-order valence-electron chi connectivity index (χ2n) is 7.00. The van der Waals surface area contributed by atoms with Crippen LogP contribution < -0.4 is 10.6 Å². The average Bonchev–Trinajstić information content (AvgIpc) is 3.16. The van der Waals surface area contributed by atoms with Gasteiger partial charge in [-0.2, -0.15) is 5.10 Å². The lowest BCUT2D eigenvalue weighted by Crippen LogP contribution is -2.17. The SMILES string of the molecule is COCC(=O)Nc1ccc(NC(=O)c2cnn(-c3ccc(F)cc3)c2C(C)C)cc1. The van der Waals surface area contributed by atoms with Crippen molar-refractivity contribution in [2.45, 2.75) is 19.8 Å². The molecule has 2 N–H and O–H groups in total. The quantitative estimate of drug-likeness (QED) is 0.617. The van der Waals surface area contributed by atoms with E-state index in [2.05, 4.69) is 15.7 Å². The number of aromatic nitrogens is 2. The molecule has 8 heteroatoms. The molecule has 3 rings (SSSR count). The minimum atomic E-state index is -0.336. The number of amides is 2. The van der Waals surface area contributed by atoms with Crippen LogP contribution in [0.4, 0.5) is 15.8 Å². The topological polar surface area (TPSA) is 85.2 Å². The third kappa shape index (κ3) is 4.90. The highest BCUT2D eigenvalue weighted by molar-refractivity contribution is 6.05. The summed E-state index contributed by atoms with van der Waals surface area (Å²) < 4.78 is 19.7. The molecule has 0 saturated heterocycles. The molecule has 0 aliphatic carbocycles. The van der Waals surface area contributed by atoms with E-state index < -0.39 is 0 Å². The molecule has 3 aromatic rings. The van der Waals surface area contributed by atoms with Gasteiger partial charge in [-0.15, -0.1) is 0 Å². The first-order valence-electron chi connectivity index (χ1n) is 9.43. The summed E-state index contributed by atoms with van der Waals surface area (Å²) >= 11 is 0. The second-order valence-corrected chi connectivity index (χ2v) is 7.00. The normalized spacial score (nSPS) is 10.8. The number of ether oxygens (including phenoxy) is 1. The molecule has 0 aliphatic heterocycles. The van der Waals surface area contributed by atoms with Gasteiger partial charge in [0.05, 0.1) is 23.1 Å². The Bertz CT molecular complexity index is 1030. The lowest BCUT2D eigenvalue weighted by atomic mass is 10.0. The number of halogens is 1. The van der Waals surface area contributed by atoms with Crippen LogP contribution in [-0.2, 0) is 9.53 Å². The van der Waals surface area contributed by atoms with E-state index in [-0.39, 0.29) is 30.2 Å². The molecule has 1 heterocycles. The van der Waals surface area contributed by atoms with Gasteiger partial charge in [0, 0.05) is 18.5 Å². The summed E-state index contributed by atoms with van der Waals surface area (Å²) in [5.41, 5.74) is 3.01. The molecule has 0 aliphatic rings. The van der Waals surface area contributed by atoms with Crippen molar-refractivity contribution in [1.29, 1.82) is 0 Å². The molecule has 0 atom stereocenters. The number of methoxy groups -OCH3 is 1. The van der Waals surface area contributed by atoms with Crippen molar-refractivity contribution in [1.82, 2.24) is 9.78 Å². The van der Waals surface area contributed by atoms with E-state index in [4.69, 9.17) is 4.74 Å². The van der Waals surface area contributed by atoms with Crippen molar-refractivity contribution in [3.05, 3.63) is 71.8 Å². The monoisotopic (exact) mass is 410 g/mol. The molecule has 1 aromatic heterocycles. The number of carbonyl (C=O) groups is 2. The standard InChI is InChI=1S/C22H23FN4O3/c1-14(2)21-19(12-24-27(21)18-10-4-15(23)5-11-18)22(29)26-17-8-6-16(7-9-17)25-20(28)13-30-3/h4-12,14H,13H2,1-3H3,(H,25,28)(H,26,29). The zero-order chi connectivity index (χ0) is 21.7. The van der Waals surface area contributed by atoms with Crippen LogP contribution in [0.2, 0.25) is 0 Å². The van der Waals surface area contributed by atoms with Gasteiger partial charge in [-0.1, -0.05) is 13.8 Å². The summed E-state index contributed by atoms with van der Waals surface area (Å²) in [6.45, 7) is 3.89. The molecule has 0 fully saturated rings. The molecule has 30 heavy (non-hydrogen) atoms. The number of hydrogen-bond acceptors (Lipinski definition) is 4. The Labute approximate surface area is 173 Å². The Kier molecular flexibility index (Phi) is 6.58. The highest BCUT2D eigenvalue weighted by Crippen LogP contribution is 2.24. The number of hydrogen-bond donors (Lipinski definition) is 2. The Balaban J connectivity index is 1.78. The average molecular weight is 410 g/mol. The lowest BCUT2D eigenvalue weighted by molar-refractivity contribution is -0.119. The third-order valence-electron chi connectivity index (χ3n) is 4.37. The first kappa shape index (κ1) is 21.2. The predicted molar refractivity (Wildman–Crippen MR) is 113 cm³/mol. The van der Waals surface area contributed by atoms with E-state index in [1.54, 1.807) is 41.1 Å². The van der Waals surface area contributed by atoms with Crippen molar-refractivity contribution in [2.24, 2.45) is 0 Å². The maximum absolute atomic E-state index is 13.3. The number of rotatable bonds is 7. The molecule has 156 valence electrons. The Morgan fingerprint density at radius 2 is 1.63 bits per heavy atom. The Hall–Kier alpha value is -3.52. The smallest absolute Gasteiger partial charge is 0.259 e. The van der Waals surface area contributed by atoms with Gasteiger partial charge in [-0.25, -0.2) is 9.07 Å². The minimum absolute atomic E-state index is 0.0108. The summed E-state index contributed by atoms with van der Waals surface area (Å²) in [6.07, 6.45) is 1.51. The summed E-state index contributed by atoms with van der Waals surface area (Å²) in [6, 6.07) is 12.7. The van der Waals surface area contributed by atoms with Crippen LogP contribution in [0.25, 0.3) is 5.69 Å². The lowest BCUT2D eigenvalue weighted by Gasteiger charge is -2.13. The number of anilines is 2. The fraction of sp³-hybridized carbons (Fsp3) is 0.227. The molecule has 0 saturated carbocycles. The van der Waals surface area contributed by atoms with E-state index in [1.807, 2.05) is 13.8 Å². The fourth-order valence-electron chi connectivity index (χ4n) is 3.04. The van der Waals surface area contributed by atoms with Gasteiger partial charge in [0.1, 0.15) is 12.4 Å². The van der Waals surface area contributed by atoms with Crippen LogP contribution in [0.5, 0.6) is 0 Å². The van der Waals surface area contributed by atoms with E-state index in [1.165, 1.54) is 25.4 Å². The largest absolute Gasteiger partial charge is 0.375 e. The zero-order valence-corrected chi connectivity index (χ0v) is 17.0. The zero-order valence-electron chi connectivity index (χ0n) is 17.0. The highest BCUT2D eigenvalue weighted by Gasteiger charge is 2.21. The number of nitrogens with zero attached hydrogens (tertiary/aromatic N) is 2. The second kappa shape index (κ2) is 9.32. The number of benzene rings is 2. The molecule has 0 unspecified atom stereocenters. The van der Waals surface area contributed by atoms with Crippen LogP contribution in [0.3, 0.4) is 0 Å². The van der Waals surface area contributed by atoms with Crippen molar-refractivity contribution in [2.75, 3.05) is 24.4 Å². The molecule has 0 spiro atoms. The van der Waals surface area contributed by atoms with Crippen LogP contribution >= 0.6 is 0 Å². The van der Waals surface area contributed by atoms with Gasteiger partial charge in [-0.3, -0.25) is 9.59 Å². The van der Waals surface area contributed by atoms with Crippen LogP contribution in [-0.4, -0.2) is 35.3 Å². The van der Waals surface area contributed by atoms with Gasteiger partial charge in [-0.05, 0) is 54.4 Å². The molecule has 0 bridgehead atoms. The number of carbonyl (C=O) groups excluding carboxylic acids is 2. The molecule has 2 amide bonds. The minimum Gasteiger partial charge on any atom is -0.375 e. The van der Waals surface area contributed by atoms with Crippen molar-refractivity contribution >= 4 is 23.2 Å². The van der Waals surface area contributed by atoms with Crippen molar-refractivity contribution in [3.8, 4) is 5.69 Å². The molecule has 0 radical (unpaired) electrons. The van der Waals surface area contributed by atoms with Crippen LogP contribution in [0.1, 0.15) is 35.8 Å². The summed E-state index contributed by atoms with van der Waals surface area (Å²) in [7, 11) is 1.45. The van der Waals surface area contributed by atoms with E-state index in [0.717, 1.165) is 5.69 Å². The molecule has 7 nitrogen and oxygen atoms in total. The highest BCUT2D eigenvalue weighted by atomic mass is 19.1. The Morgan fingerprint density at radius 1 is 1.03 bits per heavy atom. The van der Waals surface area contributed by atoms with Gasteiger partial charge in [0.15, 0.2) is 0 Å². The van der Waals surface area contributed by atoms with Crippen LogP contribution in [0.15, 0.2) is 54.7 Å². The van der Waals surface area contributed by atoms with E-state index in [9.17, 15) is 14.0 Å². The summed E-state index contributed by atoms with van der Waals surface area (Å²) in [5.74, 6) is -0.888. The van der Waals surface area contributed by atoms with Crippen molar-refractivity contribution in [3.63, 3.8) is 0 Å². The molecule has 2 aromatic carbocycles. The van der Waals surface area contributed by atoms with E-state index in [0.29, 0.717) is 22.6 Å². The Morgan fingerprint density at radius 3 is 2.20 bits per heavy atom. The van der Waals surface area contributed by atoms with Gasteiger partial charge < -0.3 is 15.4 Å². The molecular weight excluding hydrogens is 387 g/mol. The number of nitrogens with one attached hydrogen (secondary N) is 2. The van der Waals surface area contributed by atoms with Crippen molar-refractivity contribution < 1.29 is 18.7 Å². The summed E-state index contributed by atoms with van der Waals surface area (Å²) in [4.78, 5) is 24.4.